The van der Waals surface area contributed by atoms with E-state index in [-0.39, 0.29) is 24.5 Å². The molecule has 2 aromatic heterocycles. The van der Waals surface area contributed by atoms with Gasteiger partial charge < -0.3 is 5.21 Å². The van der Waals surface area contributed by atoms with Crippen LogP contribution >= 0.6 is 12.2 Å². The molecule has 0 aliphatic rings. The number of nitrogens with zero attached hydrogens (tertiary/aromatic N) is 2. The Kier molecular flexibility index (Phi) is 7.67. The van der Waals surface area contributed by atoms with E-state index in [1.807, 2.05) is 0 Å². The minimum atomic E-state index is -3.11. The van der Waals surface area contributed by atoms with Gasteiger partial charge in [0.25, 0.3) is 0 Å². The molecule has 2 rings (SSSR count). The van der Waals surface area contributed by atoms with Gasteiger partial charge in [0.2, 0.25) is 0 Å². The number of aromatic nitrogens is 2. The first-order chi connectivity index (χ1) is 8.41. The summed E-state index contributed by atoms with van der Waals surface area (Å²) in [6.07, 6.45) is 4.08. The third-order valence-corrected chi connectivity index (χ3v) is 3.15. The maximum absolute atomic E-state index is 10.8. The Bertz CT molecular complexity index is 657. The van der Waals surface area contributed by atoms with E-state index in [0.29, 0.717) is 4.64 Å². The molecule has 98 valence electrons. The second kappa shape index (κ2) is 8.14. The van der Waals surface area contributed by atoms with Crippen molar-refractivity contribution in [3.8, 4) is 0 Å². The summed E-state index contributed by atoms with van der Waals surface area (Å²) in [6, 6.07) is 9.91. The second-order valence-electron chi connectivity index (χ2n) is 3.32. The summed E-state index contributed by atoms with van der Waals surface area (Å²) in [5.74, 6) is 0. The standard InChI is InChI=1S/C6H7NO2S.C5H5NOS.Zn/c1-10(8,9)6-4-2-3-5-7-6;7-6-4-2-1-3-5(6)8;/h2-5H,1H3;1-4,7H;. The topological polar surface area (TPSA) is 72.2 Å². The zero-order valence-electron chi connectivity index (χ0n) is 10.3. The van der Waals surface area contributed by atoms with Gasteiger partial charge in [0, 0.05) is 38.1 Å². The van der Waals surface area contributed by atoms with Crippen LogP contribution < -0.4 is 0 Å². The predicted octanol–water partition coefficient (Wildman–Crippen LogP) is 1.94. The van der Waals surface area contributed by atoms with Gasteiger partial charge in [0.1, 0.15) is 4.64 Å². The Morgan fingerprint density at radius 2 is 1.84 bits per heavy atom. The summed E-state index contributed by atoms with van der Waals surface area (Å²) in [4.78, 5) is 3.66. The molecule has 0 saturated heterocycles. The number of pyridine rings is 2. The first-order valence-electron chi connectivity index (χ1n) is 4.89. The number of rotatable bonds is 1. The van der Waals surface area contributed by atoms with Crippen molar-refractivity contribution in [1.29, 1.82) is 0 Å². The molecule has 0 radical (unpaired) electrons. The number of sulfone groups is 1. The van der Waals surface area contributed by atoms with Gasteiger partial charge in [-0.3, -0.25) is 0 Å². The summed E-state index contributed by atoms with van der Waals surface area (Å²) < 4.78 is 22.9. The molecule has 1 N–H and O–H groups in total. The zero-order chi connectivity index (χ0) is 13.6. The average Bonchev–Trinajstić information content (AvgIpc) is 2.34. The molecule has 8 heteroatoms. The smallest absolute Gasteiger partial charge is 0.192 e. The molecular formula is C11H12N2O3S2Zn. The van der Waals surface area contributed by atoms with Gasteiger partial charge in [0.15, 0.2) is 14.9 Å². The van der Waals surface area contributed by atoms with Crippen molar-refractivity contribution in [1.82, 2.24) is 9.71 Å². The number of hydrogen-bond donors (Lipinski definition) is 1. The fraction of sp³-hybridized carbons (Fsp3) is 0.0909. The van der Waals surface area contributed by atoms with E-state index >= 15 is 0 Å². The monoisotopic (exact) mass is 348 g/mol. The van der Waals surface area contributed by atoms with Gasteiger partial charge in [-0.1, -0.05) is 24.4 Å². The molecule has 0 unspecified atom stereocenters. The van der Waals surface area contributed by atoms with Crippen molar-refractivity contribution in [2.45, 2.75) is 5.03 Å². The fourth-order valence-electron chi connectivity index (χ4n) is 0.985. The summed E-state index contributed by atoms with van der Waals surface area (Å²) in [7, 11) is -3.11. The molecule has 2 aromatic rings. The van der Waals surface area contributed by atoms with Gasteiger partial charge in [0.05, 0.1) is 0 Å². The van der Waals surface area contributed by atoms with Crippen LogP contribution in [0.4, 0.5) is 0 Å². The Morgan fingerprint density at radius 1 is 1.21 bits per heavy atom. The maximum atomic E-state index is 10.8. The third-order valence-electron chi connectivity index (χ3n) is 1.82. The van der Waals surface area contributed by atoms with E-state index in [0.717, 1.165) is 11.0 Å². The summed E-state index contributed by atoms with van der Waals surface area (Å²) in [6.45, 7) is 0. The first-order valence-corrected chi connectivity index (χ1v) is 7.19. The summed E-state index contributed by atoms with van der Waals surface area (Å²) in [5, 5.41) is 8.85. The average molecular weight is 350 g/mol. The minimum Gasteiger partial charge on any atom is -0.428 e. The molecule has 0 fully saturated rings. The van der Waals surface area contributed by atoms with Crippen molar-refractivity contribution >= 4 is 22.1 Å². The molecule has 0 aliphatic heterocycles. The molecule has 0 amide bonds. The molecule has 0 spiro atoms. The summed E-state index contributed by atoms with van der Waals surface area (Å²) in [5.41, 5.74) is 0. The van der Waals surface area contributed by atoms with Gasteiger partial charge in [-0.2, -0.15) is 4.73 Å². The zero-order valence-corrected chi connectivity index (χ0v) is 14.9. The molecule has 0 saturated carbocycles. The Balaban J connectivity index is 0.000000331. The van der Waals surface area contributed by atoms with E-state index in [4.69, 9.17) is 5.21 Å². The van der Waals surface area contributed by atoms with Crippen molar-refractivity contribution in [2.24, 2.45) is 0 Å². The molecule has 5 nitrogen and oxygen atoms in total. The van der Waals surface area contributed by atoms with Crippen molar-refractivity contribution in [3.63, 3.8) is 0 Å². The third kappa shape index (κ3) is 6.56. The van der Waals surface area contributed by atoms with Crippen LogP contribution in [0.2, 0.25) is 0 Å². The predicted molar refractivity (Wildman–Crippen MR) is 69.8 cm³/mol. The van der Waals surface area contributed by atoms with E-state index in [2.05, 4.69) is 17.2 Å². The summed E-state index contributed by atoms with van der Waals surface area (Å²) >= 11 is 4.67. The molecule has 2 heterocycles. The van der Waals surface area contributed by atoms with E-state index in [1.54, 1.807) is 30.3 Å². The van der Waals surface area contributed by atoms with Crippen molar-refractivity contribution < 1.29 is 33.1 Å². The minimum absolute atomic E-state index is 0. The Hall–Kier alpha value is -1.11. The molecule has 0 aromatic carbocycles. The molecular weight excluding hydrogens is 338 g/mol. The largest absolute Gasteiger partial charge is 0.428 e. The maximum Gasteiger partial charge on any atom is 0.192 e. The van der Waals surface area contributed by atoms with Crippen LogP contribution in [0.5, 0.6) is 0 Å². The Labute approximate surface area is 129 Å². The van der Waals surface area contributed by atoms with Crippen LogP contribution in [0, 0.1) is 4.64 Å². The molecule has 0 bridgehead atoms. The van der Waals surface area contributed by atoms with Gasteiger partial charge in [-0.15, -0.1) is 0 Å². The van der Waals surface area contributed by atoms with Crippen LogP contribution in [0.15, 0.2) is 53.8 Å². The van der Waals surface area contributed by atoms with E-state index in [9.17, 15) is 8.42 Å². The van der Waals surface area contributed by atoms with Crippen LogP contribution in [0.3, 0.4) is 0 Å². The van der Waals surface area contributed by atoms with Gasteiger partial charge in [-0.05, 0) is 24.3 Å². The van der Waals surface area contributed by atoms with E-state index < -0.39 is 9.84 Å². The van der Waals surface area contributed by atoms with E-state index in [1.165, 1.54) is 18.5 Å². The SMILES string of the molecule is CS(=O)(=O)c1ccccn1.On1ccccc1=S.[Zn]. The van der Waals surface area contributed by atoms with Crippen LogP contribution in [0.25, 0.3) is 0 Å². The quantitative estimate of drug-likeness (QED) is 0.484. The number of hydrogen-bond acceptors (Lipinski definition) is 5. The van der Waals surface area contributed by atoms with Crippen molar-refractivity contribution in [2.75, 3.05) is 6.26 Å². The van der Waals surface area contributed by atoms with Crippen molar-refractivity contribution in [3.05, 3.63) is 53.4 Å². The fourth-order valence-corrected chi connectivity index (χ4v) is 1.70. The Morgan fingerprint density at radius 3 is 2.16 bits per heavy atom. The van der Waals surface area contributed by atoms with Gasteiger partial charge in [-0.25, -0.2) is 13.4 Å². The van der Waals surface area contributed by atoms with Crippen LogP contribution in [-0.4, -0.2) is 29.6 Å². The van der Waals surface area contributed by atoms with Gasteiger partial charge >= 0.3 is 0 Å². The van der Waals surface area contributed by atoms with Crippen LogP contribution in [-0.2, 0) is 29.3 Å². The second-order valence-corrected chi connectivity index (χ2v) is 5.70. The molecule has 19 heavy (non-hydrogen) atoms. The first kappa shape index (κ1) is 17.9. The normalized spacial score (nSPS) is 9.74. The molecule has 0 aliphatic carbocycles. The molecule has 0 atom stereocenters. The van der Waals surface area contributed by atoms with Crippen LogP contribution in [0.1, 0.15) is 0 Å².